The van der Waals surface area contributed by atoms with Crippen LogP contribution in [0.5, 0.6) is 0 Å². The fourth-order valence-electron chi connectivity index (χ4n) is 4.29. The van der Waals surface area contributed by atoms with Crippen molar-refractivity contribution in [1.29, 1.82) is 5.26 Å². The lowest BCUT2D eigenvalue weighted by atomic mass is 9.90. The first kappa shape index (κ1) is 21.5. The first-order chi connectivity index (χ1) is 14.5. The van der Waals surface area contributed by atoms with Gasteiger partial charge in [-0.25, -0.2) is 4.98 Å². The number of nitrogens with one attached hydrogen (secondary N) is 1. The van der Waals surface area contributed by atoms with Gasteiger partial charge in [0.05, 0.1) is 0 Å². The Morgan fingerprint density at radius 3 is 2.47 bits per heavy atom. The van der Waals surface area contributed by atoms with Crippen LogP contribution in [0.2, 0.25) is 5.15 Å². The molecular formula is C21H24ClN3O4S. The van der Waals surface area contributed by atoms with Crippen LogP contribution in [0.3, 0.4) is 0 Å². The quantitative estimate of drug-likeness (QED) is 0.640. The van der Waals surface area contributed by atoms with Gasteiger partial charge in [0.2, 0.25) is 0 Å². The predicted octanol–water partition coefficient (Wildman–Crippen LogP) is 3.57. The van der Waals surface area contributed by atoms with E-state index in [0.29, 0.717) is 11.0 Å². The Morgan fingerprint density at radius 2 is 1.87 bits per heavy atom. The largest absolute Gasteiger partial charge is 0.388 e. The van der Waals surface area contributed by atoms with E-state index >= 15 is 0 Å². The van der Waals surface area contributed by atoms with E-state index in [4.69, 9.17) is 26.3 Å². The van der Waals surface area contributed by atoms with Crippen LogP contribution in [-0.4, -0.2) is 46.8 Å². The Kier molecular flexibility index (Phi) is 6.58. The first-order valence-electron chi connectivity index (χ1n) is 9.99. The summed E-state index contributed by atoms with van der Waals surface area (Å²) in [6, 6.07) is 9.25. The molecule has 0 spiro atoms. The fourth-order valence-corrected chi connectivity index (χ4v) is 5.28. The number of benzene rings is 1. The molecule has 30 heavy (non-hydrogen) atoms. The highest BCUT2D eigenvalue weighted by molar-refractivity contribution is 7.16. The van der Waals surface area contributed by atoms with Crippen molar-refractivity contribution in [2.75, 3.05) is 12.4 Å². The van der Waals surface area contributed by atoms with E-state index in [9.17, 15) is 10.2 Å². The number of rotatable bonds is 5. The molecule has 5 atom stereocenters. The maximum atomic E-state index is 10.8. The van der Waals surface area contributed by atoms with E-state index in [1.807, 2.05) is 18.2 Å². The number of hydrogen-bond acceptors (Lipinski definition) is 8. The number of halogens is 1. The Bertz CT molecular complexity index is 908. The van der Waals surface area contributed by atoms with E-state index in [1.54, 1.807) is 0 Å². The molecule has 2 aromatic rings. The summed E-state index contributed by atoms with van der Waals surface area (Å²) >= 11 is 6.98. The maximum absolute atomic E-state index is 10.8. The van der Waals surface area contributed by atoms with Crippen LogP contribution in [-0.2, 0) is 9.47 Å². The molecule has 3 N–H and O–H groups in total. The molecule has 0 radical (unpaired) electrons. The van der Waals surface area contributed by atoms with Gasteiger partial charge in [-0.05, 0) is 29.9 Å². The molecule has 1 aromatic carbocycles. The van der Waals surface area contributed by atoms with Crippen molar-refractivity contribution in [3.05, 3.63) is 45.4 Å². The van der Waals surface area contributed by atoms with E-state index < -0.39 is 30.6 Å². The van der Waals surface area contributed by atoms with Gasteiger partial charge in [-0.3, -0.25) is 0 Å². The average Bonchev–Trinajstić information content (AvgIpc) is 3.41. The molecule has 1 aliphatic heterocycles. The lowest BCUT2D eigenvalue weighted by molar-refractivity contribution is -0.250. The van der Waals surface area contributed by atoms with Gasteiger partial charge in [-0.2, -0.15) is 5.26 Å². The minimum Gasteiger partial charge on any atom is -0.388 e. The van der Waals surface area contributed by atoms with Crippen LogP contribution in [0.1, 0.15) is 53.7 Å². The van der Waals surface area contributed by atoms with Crippen molar-refractivity contribution in [2.45, 2.75) is 62.2 Å². The number of anilines is 1. The zero-order chi connectivity index (χ0) is 21.3. The van der Waals surface area contributed by atoms with Crippen LogP contribution in [0.25, 0.3) is 0 Å². The number of aliphatic hydroxyl groups excluding tert-OH is 2. The van der Waals surface area contributed by atoms with E-state index in [1.165, 1.54) is 38.4 Å². The molecule has 9 heteroatoms. The molecule has 7 nitrogen and oxygen atoms in total. The number of nitrogens with zero attached hydrogens (tertiary/aromatic N) is 2. The van der Waals surface area contributed by atoms with Gasteiger partial charge in [0.25, 0.3) is 0 Å². The summed E-state index contributed by atoms with van der Waals surface area (Å²) in [5.74, 6) is 0.602. The number of hydrogen-bond donors (Lipinski definition) is 3. The lowest BCUT2D eigenvalue weighted by Crippen LogP contribution is -2.57. The number of aliphatic hydroxyl groups is 2. The second-order valence-corrected chi connectivity index (χ2v) is 9.07. The normalized spacial score (nSPS) is 29.6. The average molecular weight is 450 g/mol. The van der Waals surface area contributed by atoms with E-state index in [2.05, 4.69) is 22.4 Å². The minimum atomic E-state index is -1.18. The zero-order valence-electron chi connectivity index (χ0n) is 16.5. The predicted molar refractivity (Wildman–Crippen MR) is 114 cm³/mol. The summed E-state index contributed by atoms with van der Waals surface area (Å²) in [4.78, 5) is 4.34. The van der Waals surface area contributed by atoms with Gasteiger partial charge >= 0.3 is 0 Å². The van der Waals surface area contributed by atoms with Crippen LogP contribution < -0.4 is 5.32 Å². The molecule has 1 aliphatic carbocycles. The fraction of sp³-hybridized carbons (Fsp3) is 0.524. The van der Waals surface area contributed by atoms with Crippen LogP contribution in [0.15, 0.2) is 24.3 Å². The highest BCUT2D eigenvalue weighted by Gasteiger charge is 2.45. The smallest absolute Gasteiger partial charge is 0.185 e. The molecule has 1 saturated heterocycles. The lowest BCUT2D eigenvalue weighted by Gasteiger charge is -2.42. The van der Waals surface area contributed by atoms with Gasteiger partial charge in [-0.1, -0.05) is 60.0 Å². The van der Waals surface area contributed by atoms with Crippen LogP contribution in [0.4, 0.5) is 5.13 Å². The van der Waals surface area contributed by atoms with Gasteiger partial charge in [0.1, 0.15) is 35.3 Å². The first-order valence-corrected chi connectivity index (χ1v) is 11.2. The monoisotopic (exact) mass is 449 g/mol. The van der Waals surface area contributed by atoms with Crippen molar-refractivity contribution < 1.29 is 19.7 Å². The van der Waals surface area contributed by atoms with Gasteiger partial charge < -0.3 is 25.0 Å². The molecule has 4 rings (SSSR count). The van der Waals surface area contributed by atoms with Gasteiger partial charge in [-0.15, -0.1) is 0 Å². The molecule has 2 fully saturated rings. The number of aromatic nitrogens is 1. The number of methoxy groups -OCH3 is 1. The SMILES string of the molecule is CO[C@@H]1O[C@H](c2ccc(C3CCCC3)cc2)[C@H](O)[C@H](O)[C@H]1Nc1nc(Cl)c(C#N)s1. The van der Waals surface area contributed by atoms with E-state index in [0.717, 1.165) is 16.9 Å². The summed E-state index contributed by atoms with van der Waals surface area (Å²) in [7, 11) is 1.47. The zero-order valence-corrected chi connectivity index (χ0v) is 18.1. The van der Waals surface area contributed by atoms with Crippen molar-refractivity contribution in [3.8, 4) is 6.07 Å². The molecule has 2 aliphatic rings. The number of nitriles is 1. The molecule has 0 bridgehead atoms. The molecule has 1 aromatic heterocycles. The summed E-state index contributed by atoms with van der Waals surface area (Å²) in [5, 5.41) is 34.0. The third-order valence-electron chi connectivity index (χ3n) is 5.90. The topological polar surface area (TPSA) is 108 Å². The van der Waals surface area contributed by atoms with Crippen molar-refractivity contribution in [3.63, 3.8) is 0 Å². The third kappa shape index (κ3) is 4.19. The third-order valence-corrected chi connectivity index (χ3v) is 7.18. The Balaban J connectivity index is 1.50. The minimum absolute atomic E-state index is 0.0889. The summed E-state index contributed by atoms with van der Waals surface area (Å²) in [5.41, 5.74) is 2.09. The van der Waals surface area contributed by atoms with Crippen molar-refractivity contribution >= 4 is 28.1 Å². The molecule has 0 unspecified atom stereocenters. The standard InChI is InChI=1S/C21H24ClN3O4S/c1-28-20-15(24-21-25-19(22)14(10-23)30-21)16(26)17(27)18(29-20)13-8-6-12(7-9-13)11-4-2-3-5-11/h6-9,11,15-18,20,26-27H,2-5H2,1H3,(H,24,25)/t15-,16-,17-,18-,20-/m1/s1. The van der Waals surface area contributed by atoms with E-state index in [-0.39, 0.29) is 10.0 Å². The maximum Gasteiger partial charge on any atom is 0.185 e. The van der Waals surface area contributed by atoms with Crippen molar-refractivity contribution in [1.82, 2.24) is 4.98 Å². The summed E-state index contributed by atoms with van der Waals surface area (Å²) in [6.45, 7) is 0. The molecule has 1 saturated carbocycles. The number of thiazole rings is 1. The Labute approximate surface area is 184 Å². The highest BCUT2D eigenvalue weighted by Crippen LogP contribution is 2.38. The Hall–Kier alpha value is -1.73. The second-order valence-electron chi connectivity index (χ2n) is 7.71. The summed E-state index contributed by atoms with van der Waals surface area (Å²) in [6.07, 6.45) is 1.06. The summed E-state index contributed by atoms with van der Waals surface area (Å²) < 4.78 is 11.4. The van der Waals surface area contributed by atoms with Gasteiger partial charge in [0, 0.05) is 7.11 Å². The molecule has 160 valence electrons. The molecular weight excluding hydrogens is 426 g/mol. The van der Waals surface area contributed by atoms with Crippen LogP contribution in [0, 0.1) is 11.3 Å². The molecule has 0 amide bonds. The number of ether oxygens (including phenoxy) is 2. The van der Waals surface area contributed by atoms with Crippen molar-refractivity contribution in [2.24, 2.45) is 0 Å². The van der Waals surface area contributed by atoms with Gasteiger partial charge in [0.15, 0.2) is 16.6 Å². The second kappa shape index (κ2) is 9.18. The highest BCUT2D eigenvalue weighted by atomic mass is 35.5. The molecule has 2 heterocycles. The Morgan fingerprint density at radius 1 is 1.20 bits per heavy atom. The van der Waals surface area contributed by atoms with Crippen LogP contribution >= 0.6 is 22.9 Å².